The molecule has 4 heterocycles. The number of anilines is 3. The van der Waals surface area contributed by atoms with Gasteiger partial charge in [0.25, 0.3) is 0 Å². The molecule has 1 unspecified atom stereocenters. The van der Waals surface area contributed by atoms with Gasteiger partial charge in [-0.15, -0.1) is 0 Å². The van der Waals surface area contributed by atoms with Crippen molar-refractivity contribution in [1.82, 2.24) is 24.7 Å². The van der Waals surface area contributed by atoms with E-state index in [1.54, 1.807) is 18.5 Å². The number of aliphatic hydroxyl groups is 1. The molecular weight excluding hydrogens is 459 g/mol. The summed E-state index contributed by atoms with van der Waals surface area (Å²) in [5.74, 6) is 1.39. The summed E-state index contributed by atoms with van der Waals surface area (Å²) in [6.07, 6.45) is 6.67. The van der Waals surface area contributed by atoms with E-state index in [0.717, 1.165) is 37.8 Å². The molecule has 0 amide bonds. The van der Waals surface area contributed by atoms with Crippen molar-refractivity contribution in [2.45, 2.75) is 12.8 Å². The van der Waals surface area contributed by atoms with Gasteiger partial charge in [0.1, 0.15) is 29.5 Å². The number of hydrogen-bond acceptors (Lipinski definition) is 8. The molecule has 172 valence electrons. The Balaban J connectivity index is 1.45. The maximum atomic E-state index is 14.7. The second-order valence-electron chi connectivity index (χ2n) is 8.11. The first-order chi connectivity index (χ1) is 16.6. The number of nitrogens with one attached hydrogen (secondary N) is 1. The van der Waals surface area contributed by atoms with Crippen LogP contribution in [-0.4, -0.2) is 49.5 Å². The first kappa shape index (κ1) is 22.0. The second-order valence-corrected chi connectivity index (χ2v) is 8.52. The van der Waals surface area contributed by atoms with E-state index in [4.69, 9.17) is 16.9 Å². The lowest BCUT2D eigenvalue weighted by Crippen LogP contribution is -2.37. The molecule has 0 saturated carbocycles. The summed E-state index contributed by atoms with van der Waals surface area (Å²) < 4.78 is 16.1. The molecule has 1 aliphatic heterocycles. The first-order valence-corrected chi connectivity index (χ1v) is 11.1. The predicted octanol–water partition coefficient (Wildman–Crippen LogP) is 3.83. The third kappa shape index (κ3) is 4.23. The molecule has 2 N–H and O–H groups in total. The smallest absolute Gasteiger partial charge is 0.151 e. The number of fused-ring (bicyclic) bond motifs is 1. The second kappa shape index (κ2) is 9.21. The summed E-state index contributed by atoms with van der Waals surface area (Å²) in [6.45, 7) is 1.77. The molecule has 11 heteroatoms. The van der Waals surface area contributed by atoms with Crippen molar-refractivity contribution in [1.29, 1.82) is 5.26 Å². The van der Waals surface area contributed by atoms with Crippen LogP contribution in [0.15, 0.2) is 43.0 Å². The number of nitriles is 1. The molecule has 1 saturated heterocycles. The maximum absolute atomic E-state index is 14.7. The third-order valence-corrected chi connectivity index (χ3v) is 6.11. The van der Waals surface area contributed by atoms with E-state index in [0.29, 0.717) is 22.5 Å². The van der Waals surface area contributed by atoms with Gasteiger partial charge in [-0.1, -0.05) is 11.6 Å². The summed E-state index contributed by atoms with van der Waals surface area (Å²) >= 11 is 6.27. The Morgan fingerprint density at radius 2 is 2.03 bits per heavy atom. The minimum absolute atomic E-state index is 0.0562. The van der Waals surface area contributed by atoms with Crippen molar-refractivity contribution >= 4 is 40.0 Å². The highest BCUT2D eigenvalue weighted by Gasteiger charge is 2.21. The maximum Gasteiger partial charge on any atom is 0.151 e. The monoisotopic (exact) mass is 478 g/mol. The molecule has 3 aromatic heterocycles. The molecule has 1 aliphatic rings. The van der Waals surface area contributed by atoms with Gasteiger partial charge in [-0.2, -0.15) is 10.4 Å². The lowest BCUT2D eigenvalue weighted by Gasteiger charge is -2.32. The van der Waals surface area contributed by atoms with Gasteiger partial charge in [-0.25, -0.2) is 24.0 Å². The van der Waals surface area contributed by atoms with Crippen LogP contribution in [0.2, 0.25) is 5.02 Å². The van der Waals surface area contributed by atoms with Crippen LogP contribution in [0.25, 0.3) is 16.6 Å². The summed E-state index contributed by atoms with van der Waals surface area (Å²) in [6, 6.07) is 7.97. The average molecular weight is 479 g/mol. The van der Waals surface area contributed by atoms with E-state index in [2.05, 4.69) is 30.3 Å². The molecule has 9 nitrogen and oxygen atoms in total. The number of halogens is 2. The fraction of sp³-hybridized carbons (Fsp3) is 0.261. The normalized spacial score (nSPS) is 15.9. The summed E-state index contributed by atoms with van der Waals surface area (Å²) in [4.78, 5) is 15.2. The molecule has 34 heavy (non-hydrogen) atoms. The van der Waals surface area contributed by atoms with Crippen molar-refractivity contribution < 1.29 is 9.50 Å². The summed E-state index contributed by atoms with van der Waals surface area (Å²) in [5.41, 5.74) is 0.769. The Kier molecular flexibility index (Phi) is 5.96. The van der Waals surface area contributed by atoms with Gasteiger partial charge < -0.3 is 15.3 Å². The van der Waals surface area contributed by atoms with Crippen LogP contribution in [0.5, 0.6) is 0 Å². The first-order valence-electron chi connectivity index (χ1n) is 10.7. The van der Waals surface area contributed by atoms with E-state index in [-0.39, 0.29) is 28.8 Å². The molecule has 5 rings (SSSR count). The zero-order valence-electron chi connectivity index (χ0n) is 18.0. The fourth-order valence-electron chi connectivity index (χ4n) is 4.14. The molecule has 1 fully saturated rings. The zero-order chi connectivity index (χ0) is 23.7. The van der Waals surface area contributed by atoms with E-state index in [9.17, 15) is 9.50 Å². The molecule has 1 aromatic carbocycles. The van der Waals surface area contributed by atoms with Crippen LogP contribution in [0, 0.1) is 23.1 Å². The van der Waals surface area contributed by atoms with Crippen LogP contribution < -0.4 is 10.2 Å². The number of benzene rings is 1. The van der Waals surface area contributed by atoms with E-state index < -0.39 is 5.82 Å². The van der Waals surface area contributed by atoms with Gasteiger partial charge in [0.15, 0.2) is 5.82 Å². The Labute approximate surface area is 199 Å². The molecular formula is C23H20ClFN8O. The van der Waals surface area contributed by atoms with E-state index >= 15 is 0 Å². The van der Waals surface area contributed by atoms with Crippen LogP contribution in [0.3, 0.4) is 0 Å². The van der Waals surface area contributed by atoms with Gasteiger partial charge in [0.2, 0.25) is 0 Å². The van der Waals surface area contributed by atoms with Crippen LogP contribution in [0.4, 0.5) is 21.8 Å². The number of aliphatic hydroxyl groups excluding tert-OH is 1. The molecule has 4 aromatic rings. The molecule has 0 radical (unpaired) electrons. The zero-order valence-corrected chi connectivity index (χ0v) is 18.7. The number of piperidine rings is 1. The summed E-state index contributed by atoms with van der Waals surface area (Å²) in [5, 5.41) is 26.8. The highest BCUT2D eigenvalue weighted by molar-refractivity contribution is 6.32. The summed E-state index contributed by atoms with van der Waals surface area (Å²) in [7, 11) is 0. The van der Waals surface area contributed by atoms with Crippen molar-refractivity contribution in [2.75, 3.05) is 29.9 Å². The van der Waals surface area contributed by atoms with Gasteiger partial charge in [-0.3, -0.25) is 0 Å². The number of aromatic nitrogens is 5. The number of rotatable bonds is 5. The largest absolute Gasteiger partial charge is 0.396 e. The molecule has 0 aliphatic carbocycles. The van der Waals surface area contributed by atoms with Crippen molar-refractivity contribution in [3.63, 3.8) is 0 Å². The minimum atomic E-state index is -0.650. The van der Waals surface area contributed by atoms with Gasteiger partial charge in [-0.05, 0) is 30.9 Å². The standard InChI is InChI=1S/C23H20ClFN8O/c24-17-4-15(8-26)5-18(25)23(17)33-19-6-20(27-9-16(19)10-30-33)31-21-7-22(29-13-28-21)32-3-1-2-14(11-32)12-34/h4-7,9-10,13-14,34H,1-3,11-12H2,(H,27,28,29,31). The number of nitrogens with zero attached hydrogens (tertiary/aromatic N) is 7. The van der Waals surface area contributed by atoms with Gasteiger partial charge >= 0.3 is 0 Å². The quantitative estimate of drug-likeness (QED) is 0.444. The Morgan fingerprint density at radius 1 is 1.18 bits per heavy atom. The van der Waals surface area contributed by atoms with Crippen LogP contribution in [0.1, 0.15) is 18.4 Å². The number of hydrogen-bond donors (Lipinski definition) is 2. The Hall–Kier alpha value is -3.81. The Morgan fingerprint density at radius 3 is 2.82 bits per heavy atom. The fourth-order valence-corrected chi connectivity index (χ4v) is 4.43. The van der Waals surface area contributed by atoms with E-state index in [1.165, 1.54) is 17.1 Å². The van der Waals surface area contributed by atoms with Crippen molar-refractivity contribution in [3.05, 3.63) is 59.4 Å². The minimum Gasteiger partial charge on any atom is -0.396 e. The molecule has 0 spiro atoms. The van der Waals surface area contributed by atoms with Crippen LogP contribution in [-0.2, 0) is 0 Å². The highest BCUT2D eigenvalue weighted by Crippen LogP contribution is 2.29. The average Bonchev–Trinajstić information content (AvgIpc) is 3.26. The topological polar surface area (TPSA) is 116 Å². The van der Waals surface area contributed by atoms with E-state index in [1.807, 2.05) is 12.1 Å². The lowest BCUT2D eigenvalue weighted by molar-refractivity contribution is 0.208. The van der Waals surface area contributed by atoms with Gasteiger partial charge in [0, 0.05) is 43.4 Å². The van der Waals surface area contributed by atoms with Gasteiger partial charge in [0.05, 0.1) is 28.4 Å². The highest BCUT2D eigenvalue weighted by atomic mass is 35.5. The predicted molar refractivity (Wildman–Crippen MR) is 126 cm³/mol. The molecule has 1 atom stereocenters. The van der Waals surface area contributed by atoms with Crippen LogP contribution >= 0.6 is 11.6 Å². The number of pyridine rings is 1. The Bertz CT molecular complexity index is 1380. The molecule has 0 bridgehead atoms. The van der Waals surface area contributed by atoms with Crippen molar-refractivity contribution in [3.8, 4) is 11.8 Å². The SMILES string of the molecule is N#Cc1cc(F)c(-n2ncc3cnc(Nc4cc(N5CCCC(CO)C5)ncn4)cc32)c(Cl)c1. The van der Waals surface area contributed by atoms with Crippen molar-refractivity contribution in [2.24, 2.45) is 5.92 Å². The lowest BCUT2D eigenvalue weighted by atomic mass is 9.99. The third-order valence-electron chi connectivity index (χ3n) is 5.82.